The molecule has 6 heteroatoms. The lowest BCUT2D eigenvalue weighted by Crippen LogP contribution is -2.41. The molecular formula is C21H24BN3O2. The van der Waals surface area contributed by atoms with Crippen molar-refractivity contribution < 1.29 is 9.31 Å². The highest BCUT2D eigenvalue weighted by atomic mass is 16.7. The minimum Gasteiger partial charge on any atom is -0.399 e. The van der Waals surface area contributed by atoms with Crippen molar-refractivity contribution in [3.8, 4) is 6.07 Å². The zero-order chi connectivity index (χ0) is 19.6. The lowest BCUT2D eigenvalue weighted by Gasteiger charge is -2.32. The summed E-state index contributed by atoms with van der Waals surface area (Å²) in [5, 5.41) is 10.1. The predicted octanol–water partition coefficient (Wildman–Crippen LogP) is 4.27. The molecule has 1 aliphatic heterocycles. The third kappa shape index (κ3) is 2.67. The molecule has 5 nitrogen and oxygen atoms in total. The van der Waals surface area contributed by atoms with Gasteiger partial charge in [0, 0.05) is 23.2 Å². The molecular weight excluding hydrogens is 337 g/mol. The van der Waals surface area contributed by atoms with E-state index in [2.05, 4.69) is 27.7 Å². The Morgan fingerprint density at radius 3 is 2.41 bits per heavy atom. The highest BCUT2D eigenvalue weighted by Gasteiger charge is 2.52. The summed E-state index contributed by atoms with van der Waals surface area (Å²) in [5.41, 5.74) is 2.85. The Kier molecular flexibility index (Phi) is 3.93. The second kappa shape index (κ2) is 5.86. The van der Waals surface area contributed by atoms with Crippen LogP contribution in [0, 0.1) is 30.7 Å². The topological polar surface area (TPSA) is 51.5 Å². The maximum absolute atomic E-state index is 9.14. The number of nitriles is 1. The second-order valence-electron chi connectivity index (χ2n) is 8.80. The van der Waals surface area contributed by atoms with Crippen LogP contribution in [-0.4, -0.2) is 22.9 Å². The normalized spacial score (nSPS) is 25.8. The van der Waals surface area contributed by atoms with Crippen molar-refractivity contribution in [2.75, 3.05) is 0 Å². The van der Waals surface area contributed by atoms with Crippen molar-refractivity contribution in [2.45, 2.75) is 64.7 Å². The van der Waals surface area contributed by atoms with Crippen LogP contribution in [0.4, 0.5) is 5.69 Å². The van der Waals surface area contributed by atoms with Gasteiger partial charge in [-0.3, -0.25) is 0 Å². The van der Waals surface area contributed by atoms with Crippen LogP contribution in [0.5, 0.6) is 0 Å². The standard InChI is InChI=1S/C21H24BN3O2/c1-13-7-19-16(10-18(13)24-6)17(12-25(19)15-8-14(9-15)11-23)22-26-20(2,3)21(4,5)27-22/h7,10,12,14-15H,8-9H2,1-5H3. The Morgan fingerprint density at radius 2 is 1.85 bits per heavy atom. The molecule has 1 aromatic carbocycles. The number of hydrogen-bond acceptors (Lipinski definition) is 3. The molecule has 1 saturated carbocycles. The van der Waals surface area contributed by atoms with Crippen LogP contribution in [0.1, 0.15) is 52.1 Å². The molecule has 4 rings (SSSR count). The molecule has 0 bridgehead atoms. The van der Waals surface area contributed by atoms with Gasteiger partial charge in [0.1, 0.15) is 0 Å². The van der Waals surface area contributed by atoms with E-state index in [-0.39, 0.29) is 5.92 Å². The molecule has 1 aromatic heterocycles. The fraction of sp³-hybridized carbons (Fsp3) is 0.524. The summed E-state index contributed by atoms with van der Waals surface area (Å²) >= 11 is 0. The highest BCUT2D eigenvalue weighted by molar-refractivity contribution is 6.65. The number of benzene rings is 1. The van der Waals surface area contributed by atoms with Gasteiger partial charge in [-0.05, 0) is 70.5 Å². The second-order valence-corrected chi connectivity index (χ2v) is 8.80. The van der Waals surface area contributed by atoms with E-state index in [1.165, 1.54) is 0 Å². The van der Waals surface area contributed by atoms with Crippen LogP contribution < -0.4 is 5.46 Å². The van der Waals surface area contributed by atoms with Crippen LogP contribution in [-0.2, 0) is 9.31 Å². The number of aryl methyl sites for hydroxylation is 1. The molecule has 1 saturated heterocycles. The molecule has 27 heavy (non-hydrogen) atoms. The molecule has 0 amide bonds. The highest BCUT2D eigenvalue weighted by Crippen LogP contribution is 2.41. The summed E-state index contributed by atoms with van der Waals surface area (Å²) in [5.74, 6) is 0.136. The van der Waals surface area contributed by atoms with Crippen LogP contribution >= 0.6 is 0 Å². The number of nitrogens with zero attached hydrogens (tertiary/aromatic N) is 3. The SMILES string of the molecule is [C-]#[N+]c1cc2c(B3OC(C)(C)C(C)(C)O3)cn(C3CC(C#N)C3)c2cc1C. The first-order chi connectivity index (χ1) is 12.7. The maximum Gasteiger partial charge on any atom is 0.496 e. The van der Waals surface area contributed by atoms with Crippen molar-refractivity contribution in [1.29, 1.82) is 5.26 Å². The zero-order valence-corrected chi connectivity index (χ0v) is 16.5. The van der Waals surface area contributed by atoms with Gasteiger partial charge in [0.25, 0.3) is 0 Å². The quantitative estimate of drug-likeness (QED) is 0.593. The van der Waals surface area contributed by atoms with E-state index < -0.39 is 18.3 Å². The number of fused-ring (bicyclic) bond motifs is 1. The molecule has 0 unspecified atom stereocenters. The van der Waals surface area contributed by atoms with Gasteiger partial charge >= 0.3 is 7.12 Å². The van der Waals surface area contributed by atoms with E-state index in [9.17, 15) is 0 Å². The Morgan fingerprint density at radius 1 is 1.22 bits per heavy atom. The molecule has 0 radical (unpaired) electrons. The molecule has 2 heterocycles. The van der Waals surface area contributed by atoms with Gasteiger partial charge < -0.3 is 13.9 Å². The van der Waals surface area contributed by atoms with Gasteiger partial charge in [0.2, 0.25) is 0 Å². The van der Waals surface area contributed by atoms with E-state index in [1.54, 1.807) is 0 Å². The third-order valence-electron chi connectivity index (χ3n) is 6.50. The molecule has 2 fully saturated rings. The van der Waals surface area contributed by atoms with Gasteiger partial charge in [-0.2, -0.15) is 5.26 Å². The summed E-state index contributed by atoms with van der Waals surface area (Å²) in [7, 11) is -0.466. The largest absolute Gasteiger partial charge is 0.496 e. The molecule has 2 aliphatic rings. The van der Waals surface area contributed by atoms with Gasteiger partial charge in [0.05, 0.1) is 29.8 Å². The monoisotopic (exact) mass is 361 g/mol. The van der Waals surface area contributed by atoms with Gasteiger partial charge in [-0.15, -0.1) is 0 Å². The third-order valence-corrected chi connectivity index (χ3v) is 6.50. The Bertz CT molecular complexity index is 987. The minimum atomic E-state index is -0.466. The first kappa shape index (κ1) is 18.1. The number of rotatable bonds is 2. The van der Waals surface area contributed by atoms with E-state index in [0.29, 0.717) is 11.7 Å². The molecule has 1 aliphatic carbocycles. The lowest BCUT2D eigenvalue weighted by atomic mass is 9.78. The van der Waals surface area contributed by atoms with Crippen LogP contribution in [0.3, 0.4) is 0 Å². The predicted molar refractivity (Wildman–Crippen MR) is 106 cm³/mol. The molecule has 0 atom stereocenters. The fourth-order valence-corrected chi connectivity index (χ4v) is 3.92. The van der Waals surface area contributed by atoms with Crippen molar-refractivity contribution in [3.05, 3.63) is 35.3 Å². The molecule has 0 N–H and O–H groups in total. The number of aromatic nitrogens is 1. The molecule has 138 valence electrons. The van der Waals surface area contributed by atoms with E-state index in [4.69, 9.17) is 21.1 Å². The first-order valence-electron chi connectivity index (χ1n) is 9.44. The van der Waals surface area contributed by atoms with Crippen LogP contribution in [0.15, 0.2) is 18.3 Å². The summed E-state index contributed by atoms with van der Waals surface area (Å²) in [6.07, 6.45) is 3.84. The van der Waals surface area contributed by atoms with E-state index in [0.717, 1.165) is 34.8 Å². The summed E-state index contributed by atoms with van der Waals surface area (Å²) < 4.78 is 14.8. The van der Waals surface area contributed by atoms with Crippen molar-refractivity contribution in [1.82, 2.24) is 4.57 Å². The van der Waals surface area contributed by atoms with Gasteiger partial charge in [-0.25, -0.2) is 4.85 Å². The van der Waals surface area contributed by atoms with Crippen molar-refractivity contribution in [2.24, 2.45) is 5.92 Å². The first-order valence-corrected chi connectivity index (χ1v) is 9.44. The number of hydrogen-bond donors (Lipinski definition) is 0. The Labute approximate surface area is 160 Å². The van der Waals surface area contributed by atoms with E-state index in [1.807, 2.05) is 40.7 Å². The maximum atomic E-state index is 9.14. The van der Waals surface area contributed by atoms with Gasteiger partial charge in [0.15, 0.2) is 5.69 Å². The lowest BCUT2D eigenvalue weighted by molar-refractivity contribution is 0.00578. The van der Waals surface area contributed by atoms with Crippen molar-refractivity contribution >= 4 is 29.2 Å². The summed E-state index contributed by atoms with van der Waals surface area (Å²) in [6.45, 7) is 17.6. The average molecular weight is 361 g/mol. The average Bonchev–Trinajstić information content (AvgIpc) is 3.00. The van der Waals surface area contributed by atoms with Crippen molar-refractivity contribution in [3.63, 3.8) is 0 Å². The minimum absolute atomic E-state index is 0.136. The van der Waals surface area contributed by atoms with E-state index >= 15 is 0 Å². The molecule has 0 spiro atoms. The summed E-state index contributed by atoms with van der Waals surface area (Å²) in [6, 6.07) is 6.71. The fourth-order valence-electron chi connectivity index (χ4n) is 3.92. The Hall–Kier alpha value is -2.28. The van der Waals surface area contributed by atoms with Crippen LogP contribution in [0.25, 0.3) is 15.7 Å². The zero-order valence-electron chi connectivity index (χ0n) is 16.5. The smallest absolute Gasteiger partial charge is 0.399 e. The van der Waals surface area contributed by atoms with Crippen LogP contribution in [0.2, 0.25) is 0 Å². The molecule has 2 aromatic rings. The van der Waals surface area contributed by atoms with Gasteiger partial charge in [-0.1, -0.05) is 0 Å². The Balaban J connectivity index is 1.84. The summed E-state index contributed by atoms with van der Waals surface area (Å²) in [4.78, 5) is 3.67.